The molecule has 0 spiro atoms. The smallest absolute Gasteiger partial charge is 0.0695 e. The number of hydrogen-bond donors (Lipinski definition) is 1. The van der Waals surface area contributed by atoms with E-state index in [9.17, 15) is 5.11 Å². The van der Waals surface area contributed by atoms with Crippen LogP contribution in [0.4, 0.5) is 0 Å². The Hall–Kier alpha value is -0.860. The molecule has 2 fully saturated rings. The van der Waals surface area contributed by atoms with Crippen LogP contribution in [0.3, 0.4) is 0 Å². The van der Waals surface area contributed by atoms with E-state index in [0.717, 1.165) is 19.3 Å². The van der Waals surface area contributed by atoms with E-state index in [1.165, 1.54) is 31.5 Å². The van der Waals surface area contributed by atoms with Crippen LogP contribution in [0.5, 0.6) is 0 Å². The number of benzene rings is 1. The van der Waals surface area contributed by atoms with Crippen molar-refractivity contribution < 1.29 is 5.11 Å². The van der Waals surface area contributed by atoms with Crippen molar-refractivity contribution in [3.05, 3.63) is 35.9 Å². The summed E-state index contributed by atoms with van der Waals surface area (Å²) >= 11 is 0. The summed E-state index contributed by atoms with van der Waals surface area (Å²) in [6.45, 7) is 2.37. The van der Waals surface area contributed by atoms with Crippen LogP contribution in [-0.4, -0.2) is 35.2 Å². The van der Waals surface area contributed by atoms with E-state index in [1.807, 2.05) is 0 Å². The second-order valence-electron chi connectivity index (χ2n) is 5.80. The third-order valence-electron chi connectivity index (χ3n) is 4.66. The zero-order chi connectivity index (χ0) is 12.4. The average molecular weight is 245 g/mol. The summed E-state index contributed by atoms with van der Waals surface area (Å²) in [5, 5.41) is 10.3. The molecule has 1 aliphatic heterocycles. The van der Waals surface area contributed by atoms with Crippen LogP contribution in [0.25, 0.3) is 0 Å². The maximum atomic E-state index is 10.3. The van der Waals surface area contributed by atoms with Gasteiger partial charge in [0.2, 0.25) is 0 Å². The van der Waals surface area contributed by atoms with Gasteiger partial charge in [0.05, 0.1) is 6.10 Å². The predicted molar refractivity (Wildman–Crippen MR) is 73.6 cm³/mol. The second kappa shape index (κ2) is 5.41. The van der Waals surface area contributed by atoms with Crippen molar-refractivity contribution in [1.82, 2.24) is 4.90 Å². The lowest BCUT2D eigenvalue weighted by Crippen LogP contribution is -2.45. The van der Waals surface area contributed by atoms with Crippen molar-refractivity contribution in [1.29, 1.82) is 0 Å². The van der Waals surface area contributed by atoms with E-state index >= 15 is 0 Å². The van der Waals surface area contributed by atoms with Gasteiger partial charge in [0.1, 0.15) is 0 Å². The lowest BCUT2D eigenvalue weighted by molar-refractivity contribution is 0.0245. The second-order valence-corrected chi connectivity index (χ2v) is 5.80. The third kappa shape index (κ3) is 2.45. The summed E-state index contributed by atoms with van der Waals surface area (Å²) < 4.78 is 0. The summed E-state index contributed by atoms with van der Waals surface area (Å²) in [6, 6.07) is 11.2. The van der Waals surface area contributed by atoms with E-state index in [0.29, 0.717) is 12.0 Å². The highest BCUT2D eigenvalue weighted by Crippen LogP contribution is 2.36. The van der Waals surface area contributed by atoms with Crippen molar-refractivity contribution in [2.24, 2.45) is 0 Å². The van der Waals surface area contributed by atoms with Gasteiger partial charge in [0.15, 0.2) is 0 Å². The standard InChI is InChI=1S/C16H23NO/c18-16-9-8-14(13-6-2-1-3-7-13)12-15(16)17-10-4-5-11-17/h1-3,6-7,14-16,18H,4-5,8-12H2. The van der Waals surface area contributed by atoms with Crippen molar-refractivity contribution in [3.63, 3.8) is 0 Å². The number of likely N-dealkylation sites (tertiary alicyclic amines) is 1. The maximum Gasteiger partial charge on any atom is 0.0695 e. The minimum atomic E-state index is -0.108. The molecule has 1 N–H and O–H groups in total. The van der Waals surface area contributed by atoms with Crippen LogP contribution in [0.1, 0.15) is 43.6 Å². The SMILES string of the molecule is OC1CCC(c2ccccc2)CC1N1CCCC1. The number of nitrogens with zero attached hydrogens (tertiary/aromatic N) is 1. The monoisotopic (exact) mass is 245 g/mol. The zero-order valence-corrected chi connectivity index (χ0v) is 11.0. The predicted octanol–water partition coefficient (Wildman–Crippen LogP) is 2.78. The lowest BCUT2D eigenvalue weighted by atomic mass is 9.79. The number of hydrogen-bond acceptors (Lipinski definition) is 2. The average Bonchev–Trinajstić information content (AvgIpc) is 2.94. The normalized spacial score (nSPS) is 33.7. The molecule has 1 saturated heterocycles. The van der Waals surface area contributed by atoms with Crippen molar-refractivity contribution in [3.8, 4) is 0 Å². The van der Waals surface area contributed by atoms with Crippen molar-refractivity contribution in [2.75, 3.05) is 13.1 Å². The summed E-state index contributed by atoms with van der Waals surface area (Å²) in [6.07, 6.45) is 5.72. The molecule has 2 nitrogen and oxygen atoms in total. The molecule has 0 radical (unpaired) electrons. The van der Waals surface area contributed by atoms with Crippen LogP contribution < -0.4 is 0 Å². The molecule has 1 aromatic rings. The topological polar surface area (TPSA) is 23.5 Å². The molecule has 0 bridgehead atoms. The first kappa shape index (κ1) is 12.2. The Morgan fingerprint density at radius 2 is 1.72 bits per heavy atom. The molecule has 1 heterocycles. The van der Waals surface area contributed by atoms with E-state index in [4.69, 9.17) is 0 Å². The van der Waals surface area contributed by atoms with Gasteiger partial charge in [-0.1, -0.05) is 30.3 Å². The molecular formula is C16H23NO. The number of aliphatic hydroxyl groups is 1. The third-order valence-corrected chi connectivity index (χ3v) is 4.66. The quantitative estimate of drug-likeness (QED) is 0.866. The van der Waals surface area contributed by atoms with Gasteiger partial charge in [-0.15, -0.1) is 0 Å². The molecule has 0 amide bonds. The molecule has 3 atom stereocenters. The lowest BCUT2D eigenvalue weighted by Gasteiger charge is -2.39. The van der Waals surface area contributed by atoms with Crippen LogP contribution in [0.2, 0.25) is 0 Å². The first-order chi connectivity index (χ1) is 8.84. The zero-order valence-electron chi connectivity index (χ0n) is 11.0. The Balaban J connectivity index is 1.71. The molecule has 3 rings (SSSR count). The molecule has 1 aliphatic carbocycles. The van der Waals surface area contributed by atoms with Gasteiger partial charge in [-0.3, -0.25) is 4.90 Å². The minimum Gasteiger partial charge on any atom is -0.391 e. The fraction of sp³-hybridized carbons (Fsp3) is 0.625. The summed E-state index contributed by atoms with van der Waals surface area (Å²) in [5.41, 5.74) is 1.45. The van der Waals surface area contributed by atoms with Gasteiger partial charge in [-0.05, 0) is 56.7 Å². The van der Waals surface area contributed by atoms with Crippen LogP contribution in [-0.2, 0) is 0 Å². The minimum absolute atomic E-state index is 0.108. The van der Waals surface area contributed by atoms with E-state index < -0.39 is 0 Å². The van der Waals surface area contributed by atoms with Gasteiger partial charge in [0.25, 0.3) is 0 Å². The molecule has 98 valence electrons. The Morgan fingerprint density at radius 1 is 1.00 bits per heavy atom. The Kier molecular flexibility index (Phi) is 3.67. The van der Waals surface area contributed by atoms with Crippen molar-refractivity contribution >= 4 is 0 Å². The first-order valence-corrected chi connectivity index (χ1v) is 7.31. The summed E-state index contributed by atoms with van der Waals surface area (Å²) in [5.74, 6) is 0.639. The molecule has 1 saturated carbocycles. The highest BCUT2D eigenvalue weighted by atomic mass is 16.3. The molecule has 3 unspecified atom stereocenters. The highest BCUT2D eigenvalue weighted by Gasteiger charge is 2.34. The maximum absolute atomic E-state index is 10.3. The fourth-order valence-corrected chi connectivity index (χ4v) is 3.62. The first-order valence-electron chi connectivity index (χ1n) is 7.31. The van der Waals surface area contributed by atoms with Gasteiger partial charge < -0.3 is 5.11 Å². The van der Waals surface area contributed by atoms with E-state index in [-0.39, 0.29) is 6.10 Å². The molecule has 18 heavy (non-hydrogen) atoms. The van der Waals surface area contributed by atoms with Crippen LogP contribution >= 0.6 is 0 Å². The Bertz CT molecular complexity index is 372. The molecule has 1 aromatic carbocycles. The van der Waals surface area contributed by atoms with E-state index in [2.05, 4.69) is 35.2 Å². The van der Waals surface area contributed by atoms with Gasteiger partial charge in [0, 0.05) is 6.04 Å². The molecule has 2 heteroatoms. The van der Waals surface area contributed by atoms with Crippen LogP contribution in [0.15, 0.2) is 30.3 Å². The van der Waals surface area contributed by atoms with Crippen molar-refractivity contribution in [2.45, 2.75) is 50.2 Å². The fourth-order valence-electron chi connectivity index (χ4n) is 3.62. The van der Waals surface area contributed by atoms with Crippen LogP contribution in [0, 0.1) is 0 Å². The summed E-state index contributed by atoms with van der Waals surface area (Å²) in [4.78, 5) is 2.51. The number of aliphatic hydroxyl groups excluding tert-OH is 1. The molecular weight excluding hydrogens is 222 g/mol. The van der Waals surface area contributed by atoms with Gasteiger partial charge in [-0.25, -0.2) is 0 Å². The molecule has 2 aliphatic rings. The highest BCUT2D eigenvalue weighted by molar-refractivity contribution is 5.20. The number of rotatable bonds is 2. The van der Waals surface area contributed by atoms with Gasteiger partial charge in [-0.2, -0.15) is 0 Å². The van der Waals surface area contributed by atoms with E-state index in [1.54, 1.807) is 0 Å². The van der Waals surface area contributed by atoms with Gasteiger partial charge >= 0.3 is 0 Å². The Labute approximate surface area is 110 Å². The largest absolute Gasteiger partial charge is 0.391 e. The molecule has 0 aromatic heterocycles. The summed E-state index contributed by atoms with van der Waals surface area (Å²) in [7, 11) is 0. The Morgan fingerprint density at radius 3 is 2.44 bits per heavy atom.